The largest absolute Gasteiger partial charge is 0.356 e. The molecule has 104 valence electrons. The summed E-state index contributed by atoms with van der Waals surface area (Å²) in [5, 5.41) is 6.72. The molecule has 0 spiro atoms. The summed E-state index contributed by atoms with van der Waals surface area (Å²) < 4.78 is 0. The van der Waals surface area contributed by atoms with E-state index in [0.717, 1.165) is 30.7 Å². The van der Waals surface area contributed by atoms with Crippen molar-refractivity contribution < 1.29 is 0 Å². The zero-order valence-corrected chi connectivity index (χ0v) is 12.6. The molecule has 1 aromatic rings. The summed E-state index contributed by atoms with van der Waals surface area (Å²) >= 11 is 1.87. The smallest absolute Gasteiger partial charge is 0.191 e. The highest BCUT2D eigenvalue weighted by Gasteiger charge is 2.20. The Morgan fingerprint density at radius 1 is 1.26 bits per heavy atom. The van der Waals surface area contributed by atoms with Gasteiger partial charge in [-0.2, -0.15) is 0 Å². The first-order valence-corrected chi connectivity index (χ1v) is 7.90. The zero-order chi connectivity index (χ0) is 13.5. The molecule has 0 saturated heterocycles. The maximum atomic E-state index is 4.23. The predicted octanol–water partition coefficient (Wildman–Crippen LogP) is 2.66. The Bertz CT molecular complexity index is 410. The molecule has 0 aromatic heterocycles. The Hall–Kier alpha value is -1.16. The predicted molar refractivity (Wildman–Crippen MR) is 84.0 cm³/mol. The molecule has 0 radical (unpaired) electrons. The number of aliphatic imine (C=N–C) groups is 1. The van der Waals surface area contributed by atoms with Crippen LogP contribution in [0.15, 0.2) is 34.2 Å². The van der Waals surface area contributed by atoms with Gasteiger partial charge in [0.1, 0.15) is 0 Å². The summed E-state index contributed by atoms with van der Waals surface area (Å²) in [6, 6.07) is 8.68. The van der Waals surface area contributed by atoms with E-state index in [9.17, 15) is 0 Å². The second-order valence-corrected chi connectivity index (χ2v) is 6.15. The first kappa shape index (κ1) is 14.3. The molecule has 2 N–H and O–H groups in total. The highest BCUT2D eigenvalue weighted by Crippen LogP contribution is 2.27. The van der Waals surface area contributed by atoms with Crippen LogP contribution in [0.3, 0.4) is 0 Å². The third-order valence-electron chi connectivity index (χ3n) is 3.16. The number of hydrogen-bond acceptors (Lipinski definition) is 2. The minimum atomic E-state index is 0.875. The Morgan fingerprint density at radius 2 is 2.00 bits per heavy atom. The van der Waals surface area contributed by atoms with Gasteiger partial charge in [0.2, 0.25) is 0 Å². The van der Waals surface area contributed by atoms with Crippen LogP contribution in [0.1, 0.15) is 18.4 Å². The Morgan fingerprint density at radius 3 is 2.63 bits per heavy atom. The van der Waals surface area contributed by atoms with Gasteiger partial charge in [0.25, 0.3) is 0 Å². The molecule has 19 heavy (non-hydrogen) atoms. The van der Waals surface area contributed by atoms with Crippen molar-refractivity contribution in [2.45, 2.75) is 24.7 Å². The summed E-state index contributed by atoms with van der Waals surface area (Å²) in [6.07, 6.45) is 2.74. The number of rotatable bonds is 6. The van der Waals surface area contributed by atoms with Gasteiger partial charge in [-0.1, -0.05) is 17.7 Å². The van der Waals surface area contributed by atoms with Crippen molar-refractivity contribution in [3.63, 3.8) is 0 Å². The maximum absolute atomic E-state index is 4.23. The normalized spacial score (nSPS) is 15.4. The van der Waals surface area contributed by atoms with Crippen LogP contribution in [-0.2, 0) is 0 Å². The summed E-state index contributed by atoms with van der Waals surface area (Å²) in [7, 11) is 1.83. The lowest BCUT2D eigenvalue weighted by molar-refractivity contribution is 0.745. The standard InChI is InChI=1S/C15H23N3S/c1-12-3-7-14(8-4-12)19-10-9-17-15(16-2)18-11-13-5-6-13/h3-4,7-8,13H,5-6,9-11H2,1-2H3,(H2,16,17,18). The SMILES string of the molecule is CN=C(NCCSc1ccc(C)cc1)NCC1CC1. The Kier molecular flexibility index (Phi) is 5.58. The molecule has 1 aromatic carbocycles. The average Bonchev–Trinajstić information content (AvgIpc) is 3.24. The maximum Gasteiger partial charge on any atom is 0.191 e. The van der Waals surface area contributed by atoms with Crippen LogP contribution >= 0.6 is 11.8 Å². The fraction of sp³-hybridized carbons (Fsp3) is 0.533. The van der Waals surface area contributed by atoms with Crippen molar-refractivity contribution in [1.82, 2.24) is 10.6 Å². The van der Waals surface area contributed by atoms with E-state index < -0.39 is 0 Å². The molecule has 2 rings (SSSR count). The van der Waals surface area contributed by atoms with E-state index in [1.807, 2.05) is 18.8 Å². The van der Waals surface area contributed by atoms with Crippen molar-refractivity contribution >= 4 is 17.7 Å². The molecular formula is C15H23N3S. The van der Waals surface area contributed by atoms with E-state index in [1.54, 1.807) is 0 Å². The molecule has 1 aliphatic rings. The summed E-state index contributed by atoms with van der Waals surface area (Å²) in [4.78, 5) is 5.56. The van der Waals surface area contributed by atoms with Gasteiger partial charge in [-0.05, 0) is 37.8 Å². The zero-order valence-electron chi connectivity index (χ0n) is 11.8. The van der Waals surface area contributed by atoms with Crippen LogP contribution in [0.2, 0.25) is 0 Å². The minimum absolute atomic E-state index is 0.875. The van der Waals surface area contributed by atoms with Crippen LogP contribution in [0, 0.1) is 12.8 Å². The van der Waals surface area contributed by atoms with Crippen LogP contribution in [0.25, 0.3) is 0 Å². The average molecular weight is 277 g/mol. The van der Waals surface area contributed by atoms with Crippen molar-refractivity contribution in [3.05, 3.63) is 29.8 Å². The number of thioether (sulfide) groups is 1. The summed E-state index contributed by atoms with van der Waals surface area (Å²) in [5.41, 5.74) is 1.31. The monoisotopic (exact) mass is 277 g/mol. The van der Waals surface area contributed by atoms with Crippen LogP contribution in [0.4, 0.5) is 0 Å². The van der Waals surface area contributed by atoms with Crippen LogP contribution < -0.4 is 10.6 Å². The lowest BCUT2D eigenvalue weighted by Crippen LogP contribution is -2.39. The van der Waals surface area contributed by atoms with Gasteiger partial charge in [0.15, 0.2) is 5.96 Å². The van der Waals surface area contributed by atoms with Crippen molar-refractivity contribution in [2.24, 2.45) is 10.9 Å². The molecule has 1 saturated carbocycles. The fourth-order valence-electron chi connectivity index (χ4n) is 1.76. The topological polar surface area (TPSA) is 36.4 Å². The van der Waals surface area contributed by atoms with E-state index in [4.69, 9.17) is 0 Å². The van der Waals surface area contributed by atoms with E-state index >= 15 is 0 Å². The van der Waals surface area contributed by atoms with Crippen LogP contribution in [0.5, 0.6) is 0 Å². The molecule has 3 nitrogen and oxygen atoms in total. The second kappa shape index (κ2) is 7.43. The minimum Gasteiger partial charge on any atom is -0.356 e. The van der Waals surface area contributed by atoms with Gasteiger partial charge in [-0.15, -0.1) is 11.8 Å². The Labute approximate surface area is 120 Å². The molecule has 0 unspecified atom stereocenters. The van der Waals surface area contributed by atoms with Gasteiger partial charge >= 0.3 is 0 Å². The third-order valence-corrected chi connectivity index (χ3v) is 4.18. The molecule has 0 heterocycles. The highest BCUT2D eigenvalue weighted by atomic mass is 32.2. The molecule has 0 atom stereocenters. The van der Waals surface area contributed by atoms with E-state index in [0.29, 0.717) is 0 Å². The molecule has 0 aliphatic heterocycles. The Balaban J connectivity index is 1.60. The van der Waals surface area contributed by atoms with E-state index in [2.05, 4.69) is 46.8 Å². The molecule has 4 heteroatoms. The number of nitrogens with zero attached hydrogens (tertiary/aromatic N) is 1. The molecule has 1 aliphatic carbocycles. The number of hydrogen-bond donors (Lipinski definition) is 2. The molecular weight excluding hydrogens is 254 g/mol. The first-order chi connectivity index (χ1) is 9.28. The van der Waals surface area contributed by atoms with Gasteiger partial charge in [-0.3, -0.25) is 4.99 Å². The number of nitrogens with one attached hydrogen (secondary N) is 2. The number of aryl methyl sites for hydroxylation is 1. The number of benzene rings is 1. The summed E-state index contributed by atoms with van der Waals surface area (Å²) in [5.74, 6) is 2.85. The van der Waals surface area contributed by atoms with Gasteiger partial charge in [0.05, 0.1) is 0 Å². The third kappa shape index (κ3) is 5.55. The van der Waals surface area contributed by atoms with E-state index in [1.165, 1.54) is 23.3 Å². The molecule has 0 amide bonds. The molecule has 0 bridgehead atoms. The summed E-state index contributed by atoms with van der Waals surface area (Å²) in [6.45, 7) is 4.11. The number of guanidine groups is 1. The lowest BCUT2D eigenvalue weighted by Gasteiger charge is -2.11. The van der Waals surface area contributed by atoms with Crippen molar-refractivity contribution in [2.75, 3.05) is 25.9 Å². The fourth-order valence-corrected chi connectivity index (χ4v) is 2.52. The van der Waals surface area contributed by atoms with Crippen molar-refractivity contribution in [1.29, 1.82) is 0 Å². The van der Waals surface area contributed by atoms with Crippen LogP contribution in [-0.4, -0.2) is 31.8 Å². The first-order valence-electron chi connectivity index (χ1n) is 6.92. The van der Waals surface area contributed by atoms with Gasteiger partial charge in [-0.25, -0.2) is 0 Å². The van der Waals surface area contributed by atoms with Gasteiger partial charge in [0, 0.05) is 30.8 Å². The van der Waals surface area contributed by atoms with Gasteiger partial charge < -0.3 is 10.6 Å². The van der Waals surface area contributed by atoms with Crippen molar-refractivity contribution in [3.8, 4) is 0 Å². The molecule has 1 fully saturated rings. The lowest BCUT2D eigenvalue weighted by atomic mass is 10.2. The highest BCUT2D eigenvalue weighted by molar-refractivity contribution is 7.99. The second-order valence-electron chi connectivity index (χ2n) is 4.98. The van der Waals surface area contributed by atoms with E-state index in [-0.39, 0.29) is 0 Å². The quantitative estimate of drug-likeness (QED) is 0.363.